The zero-order valence-electron chi connectivity index (χ0n) is 10.2. The summed E-state index contributed by atoms with van der Waals surface area (Å²) in [5, 5.41) is 19.3. The Morgan fingerprint density at radius 2 is 1.71 bits per heavy atom. The first-order valence-corrected chi connectivity index (χ1v) is 5.41. The number of nitrogens with one attached hydrogen (secondary N) is 1. The van der Waals surface area contributed by atoms with Gasteiger partial charge in [0.05, 0.1) is 22.9 Å². The van der Waals surface area contributed by atoms with Crippen molar-refractivity contribution in [1.29, 1.82) is 10.5 Å². The fraction of sp³-hybridized carbons (Fsp3) is 0.333. The van der Waals surface area contributed by atoms with E-state index in [1.807, 2.05) is 0 Å². The molecule has 21 heavy (non-hydrogen) atoms. The van der Waals surface area contributed by atoms with E-state index in [0.717, 1.165) is 12.1 Å². The summed E-state index contributed by atoms with van der Waals surface area (Å²) in [6, 6.07) is 4.51. The van der Waals surface area contributed by atoms with E-state index >= 15 is 0 Å². The molecule has 3 nitrogen and oxygen atoms in total. The van der Waals surface area contributed by atoms with Crippen LogP contribution in [0.2, 0.25) is 0 Å². The largest absolute Gasteiger partial charge is 0.416 e. The lowest BCUT2D eigenvalue weighted by Gasteiger charge is -2.16. The highest BCUT2D eigenvalue weighted by molar-refractivity contribution is 5.59. The minimum absolute atomic E-state index is 0.199. The molecule has 1 rings (SSSR count). The molecule has 0 heterocycles. The Morgan fingerprint density at radius 3 is 2.14 bits per heavy atom. The summed E-state index contributed by atoms with van der Waals surface area (Å²) in [5.41, 5.74) is -1.74. The molecule has 0 saturated carbocycles. The fourth-order valence-corrected chi connectivity index (χ4v) is 1.41. The number of hydrogen-bond acceptors (Lipinski definition) is 3. The molecule has 0 radical (unpaired) electrons. The molecule has 0 spiro atoms. The Morgan fingerprint density at radius 1 is 1.10 bits per heavy atom. The molecule has 0 aliphatic carbocycles. The van der Waals surface area contributed by atoms with Crippen molar-refractivity contribution in [3.8, 4) is 12.1 Å². The molecule has 1 atom stereocenters. The summed E-state index contributed by atoms with van der Waals surface area (Å²) >= 11 is 0. The smallest absolute Gasteiger partial charge is 0.382 e. The highest BCUT2D eigenvalue weighted by atomic mass is 19.4. The summed E-state index contributed by atoms with van der Waals surface area (Å²) < 4.78 is 74.4. The van der Waals surface area contributed by atoms with Gasteiger partial charge in [-0.3, -0.25) is 0 Å². The van der Waals surface area contributed by atoms with E-state index in [4.69, 9.17) is 10.5 Å². The highest BCUT2D eigenvalue weighted by Gasteiger charge is 2.39. The topological polar surface area (TPSA) is 59.6 Å². The van der Waals surface area contributed by atoms with E-state index in [1.54, 1.807) is 0 Å². The molecule has 1 aromatic carbocycles. The van der Waals surface area contributed by atoms with Crippen molar-refractivity contribution in [2.24, 2.45) is 5.92 Å². The molecule has 0 aliphatic rings. The van der Waals surface area contributed by atoms with Crippen molar-refractivity contribution in [2.75, 3.05) is 11.9 Å². The number of benzene rings is 1. The average molecular weight is 307 g/mol. The molecule has 0 aromatic heterocycles. The molecule has 1 unspecified atom stereocenters. The van der Waals surface area contributed by atoms with Crippen LogP contribution in [-0.2, 0) is 6.18 Å². The molecule has 1 N–H and O–H groups in total. The first kappa shape index (κ1) is 16.6. The van der Waals surface area contributed by atoms with Crippen molar-refractivity contribution >= 4 is 5.69 Å². The lowest BCUT2D eigenvalue weighted by molar-refractivity contribution is -0.155. The number of nitrogens with zero attached hydrogens (tertiary/aromatic N) is 2. The van der Waals surface area contributed by atoms with Gasteiger partial charge in [0.15, 0.2) is 5.92 Å². The molecule has 9 heteroatoms. The second kappa shape index (κ2) is 5.92. The number of anilines is 1. The Kier molecular flexibility index (Phi) is 4.69. The van der Waals surface area contributed by atoms with Crippen molar-refractivity contribution in [2.45, 2.75) is 12.4 Å². The molecule has 0 aliphatic heterocycles. The second-order valence-electron chi connectivity index (χ2n) is 3.97. The van der Waals surface area contributed by atoms with Gasteiger partial charge in [-0.1, -0.05) is 0 Å². The lowest BCUT2D eigenvalue weighted by atomic mass is 10.1. The minimum atomic E-state index is -4.76. The summed E-state index contributed by atoms with van der Waals surface area (Å²) in [6.45, 7) is -0.861. The number of halogens is 6. The van der Waals surface area contributed by atoms with Crippen molar-refractivity contribution in [1.82, 2.24) is 0 Å². The Bertz CT molecular complexity index is 591. The maximum absolute atomic E-state index is 12.4. The molecule has 0 saturated heterocycles. The summed E-state index contributed by atoms with van der Waals surface area (Å²) in [7, 11) is 0. The maximum Gasteiger partial charge on any atom is 0.416 e. The molecule has 0 amide bonds. The predicted molar refractivity (Wildman–Crippen MR) is 59.8 cm³/mol. The maximum atomic E-state index is 12.4. The minimum Gasteiger partial charge on any atom is -0.382 e. The van der Waals surface area contributed by atoms with Crippen molar-refractivity contribution in [3.63, 3.8) is 0 Å². The van der Waals surface area contributed by atoms with Crippen LogP contribution in [0.1, 0.15) is 11.1 Å². The van der Waals surface area contributed by atoms with Gasteiger partial charge in [0.2, 0.25) is 0 Å². The number of nitriles is 2. The first-order chi connectivity index (χ1) is 9.59. The Hall–Kier alpha value is -2.42. The van der Waals surface area contributed by atoms with Crippen LogP contribution in [0.25, 0.3) is 0 Å². The molecule has 0 fully saturated rings. The van der Waals surface area contributed by atoms with E-state index in [1.165, 1.54) is 6.07 Å². The van der Waals surface area contributed by atoms with Gasteiger partial charge in [0.1, 0.15) is 6.07 Å². The fourth-order valence-electron chi connectivity index (χ4n) is 1.41. The van der Waals surface area contributed by atoms with Gasteiger partial charge >= 0.3 is 12.4 Å². The predicted octanol–water partition coefficient (Wildman–Crippen LogP) is 3.69. The Labute approximate surface area is 115 Å². The Balaban J connectivity index is 2.96. The monoisotopic (exact) mass is 307 g/mol. The van der Waals surface area contributed by atoms with Crippen LogP contribution in [0.3, 0.4) is 0 Å². The SMILES string of the molecule is N#Cc1cc(C(F)(F)F)ccc1NCC(C#N)C(F)(F)F. The molecule has 0 bridgehead atoms. The zero-order valence-corrected chi connectivity index (χ0v) is 10.2. The van der Waals surface area contributed by atoms with Gasteiger partial charge in [-0.25, -0.2) is 0 Å². The van der Waals surface area contributed by atoms with Crippen LogP contribution in [-0.4, -0.2) is 12.7 Å². The summed E-state index contributed by atoms with van der Waals surface area (Å²) in [6.07, 6.45) is -9.42. The highest BCUT2D eigenvalue weighted by Crippen LogP contribution is 2.32. The van der Waals surface area contributed by atoms with Gasteiger partial charge in [-0.05, 0) is 18.2 Å². The van der Waals surface area contributed by atoms with Gasteiger partial charge < -0.3 is 5.32 Å². The third kappa shape index (κ3) is 4.28. The van der Waals surface area contributed by atoms with Crippen LogP contribution < -0.4 is 5.32 Å². The lowest BCUT2D eigenvalue weighted by Crippen LogP contribution is -2.28. The molecule has 112 valence electrons. The van der Waals surface area contributed by atoms with Gasteiger partial charge in [-0.2, -0.15) is 36.9 Å². The standard InChI is InChI=1S/C12H7F6N3/c13-11(14,15)8-1-2-10(7(3-8)4-19)21-6-9(5-20)12(16,17)18/h1-3,9,21H,6H2. The third-order valence-corrected chi connectivity index (χ3v) is 2.51. The van der Waals surface area contributed by atoms with E-state index in [-0.39, 0.29) is 5.69 Å². The normalized spacial score (nSPS) is 13.1. The van der Waals surface area contributed by atoms with Crippen LogP contribution in [0.4, 0.5) is 32.0 Å². The van der Waals surface area contributed by atoms with Crippen molar-refractivity contribution in [3.05, 3.63) is 29.3 Å². The van der Waals surface area contributed by atoms with Crippen LogP contribution in [0, 0.1) is 28.6 Å². The molecular formula is C12H7F6N3. The van der Waals surface area contributed by atoms with Crippen LogP contribution >= 0.6 is 0 Å². The quantitative estimate of drug-likeness (QED) is 0.866. The number of rotatable bonds is 3. The number of hydrogen-bond donors (Lipinski definition) is 1. The number of alkyl halides is 6. The third-order valence-electron chi connectivity index (χ3n) is 2.51. The zero-order chi connectivity index (χ0) is 16.3. The molecule has 1 aromatic rings. The second-order valence-corrected chi connectivity index (χ2v) is 3.97. The first-order valence-electron chi connectivity index (χ1n) is 5.41. The van der Waals surface area contributed by atoms with Crippen LogP contribution in [0.5, 0.6) is 0 Å². The molecular weight excluding hydrogens is 300 g/mol. The van der Waals surface area contributed by atoms with Gasteiger partial charge in [0.25, 0.3) is 0 Å². The summed E-state index contributed by atoms with van der Waals surface area (Å²) in [5.74, 6) is -2.33. The van der Waals surface area contributed by atoms with E-state index in [0.29, 0.717) is 12.1 Å². The van der Waals surface area contributed by atoms with Gasteiger partial charge in [0, 0.05) is 6.54 Å². The average Bonchev–Trinajstić information content (AvgIpc) is 2.36. The van der Waals surface area contributed by atoms with E-state index in [2.05, 4.69) is 5.32 Å². The van der Waals surface area contributed by atoms with E-state index in [9.17, 15) is 26.3 Å². The van der Waals surface area contributed by atoms with Gasteiger partial charge in [-0.15, -0.1) is 0 Å². The summed E-state index contributed by atoms with van der Waals surface area (Å²) in [4.78, 5) is 0. The van der Waals surface area contributed by atoms with Crippen molar-refractivity contribution < 1.29 is 26.3 Å². The van der Waals surface area contributed by atoms with E-state index < -0.39 is 35.9 Å². The van der Waals surface area contributed by atoms with Crippen LogP contribution in [0.15, 0.2) is 18.2 Å².